The Balaban J connectivity index is 2.16. The van der Waals surface area contributed by atoms with E-state index in [0.29, 0.717) is 6.20 Å². The van der Waals surface area contributed by atoms with Crippen LogP contribution in [0.25, 0.3) is 0 Å². The average Bonchev–Trinajstić information content (AvgIpc) is 2.86. The summed E-state index contributed by atoms with van der Waals surface area (Å²) in [6.45, 7) is -0.692. The predicted molar refractivity (Wildman–Crippen MR) is 69.3 cm³/mol. The summed E-state index contributed by atoms with van der Waals surface area (Å²) in [5.74, 6) is -1.57. The predicted octanol–water partition coefficient (Wildman–Crippen LogP) is 2.94. The summed E-state index contributed by atoms with van der Waals surface area (Å²) in [6.07, 6.45) is -12.4. The Morgan fingerprint density at radius 2 is 1.76 bits per heavy atom. The molecule has 1 aromatic heterocycles. The van der Waals surface area contributed by atoms with Crippen LogP contribution in [-0.4, -0.2) is 57.0 Å². The van der Waals surface area contributed by atoms with Gasteiger partial charge in [-0.1, -0.05) is 0 Å². The molecule has 0 bridgehead atoms. The maximum absolute atomic E-state index is 13.9. The van der Waals surface area contributed by atoms with E-state index in [1.165, 1.54) is 0 Å². The van der Waals surface area contributed by atoms with Crippen molar-refractivity contribution < 1.29 is 39.9 Å². The van der Waals surface area contributed by atoms with Gasteiger partial charge in [0.2, 0.25) is 7.37 Å². The van der Waals surface area contributed by atoms with E-state index < -0.39 is 44.5 Å². The number of allylic oxidation sites excluding steroid dienone is 1. The first-order valence-corrected chi connectivity index (χ1v) is 8.31. The zero-order chi connectivity index (χ0) is 18.9. The summed E-state index contributed by atoms with van der Waals surface area (Å²) < 4.78 is 106. The minimum atomic E-state index is -5.28. The fraction of sp³-hybridized carbons (Fsp3) is 0.500. The van der Waals surface area contributed by atoms with Crippen LogP contribution in [0.4, 0.5) is 30.7 Å². The molecule has 0 amide bonds. The van der Waals surface area contributed by atoms with Gasteiger partial charge in [0.1, 0.15) is 31.6 Å². The molecular formula is C10H9F7N5O2P. The van der Waals surface area contributed by atoms with Gasteiger partial charge < -0.3 is 0 Å². The quantitative estimate of drug-likeness (QED) is 0.579. The largest absolute Gasteiger partial charge is 0.398 e. The number of hydrogen-bond acceptors (Lipinski definition) is 6. The van der Waals surface area contributed by atoms with Crippen LogP contribution in [0.2, 0.25) is 0 Å². The van der Waals surface area contributed by atoms with Gasteiger partial charge in [-0.15, -0.1) is 0 Å². The molecule has 0 atom stereocenters. The normalized spacial score (nSPS) is 16.7. The Morgan fingerprint density at radius 1 is 1.16 bits per heavy atom. The van der Waals surface area contributed by atoms with Gasteiger partial charge in [0, 0.05) is 0 Å². The molecule has 1 aliphatic rings. The van der Waals surface area contributed by atoms with E-state index in [-0.39, 0.29) is 10.9 Å². The van der Waals surface area contributed by atoms with Crippen molar-refractivity contribution in [1.82, 2.24) is 19.8 Å². The fourth-order valence-electron chi connectivity index (χ4n) is 1.84. The molecule has 2 heterocycles. The second kappa shape index (κ2) is 6.75. The van der Waals surface area contributed by atoms with Crippen molar-refractivity contribution in [2.24, 2.45) is 4.99 Å². The van der Waals surface area contributed by atoms with E-state index in [0.717, 1.165) is 17.3 Å². The molecular weight excluding hydrogens is 386 g/mol. The second-order valence-electron chi connectivity index (χ2n) is 4.80. The second-order valence-corrected chi connectivity index (χ2v) is 7.22. The molecule has 0 fully saturated rings. The third-order valence-corrected chi connectivity index (χ3v) is 4.75. The lowest BCUT2D eigenvalue weighted by atomic mass is 10.4. The molecule has 0 unspecified atom stereocenters. The zero-order valence-corrected chi connectivity index (χ0v) is 12.9. The van der Waals surface area contributed by atoms with Crippen molar-refractivity contribution >= 4 is 13.2 Å². The third kappa shape index (κ3) is 5.81. The molecule has 0 spiro atoms. The Morgan fingerprint density at radius 3 is 2.20 bits per heavy atom. The van der Waals surface area contributed by atoms with Crippen LogP contribution < -0.4 is 0 Å². The number of rotatable bonds is 4. The van der Waals surface area contributed by atoms with Gasteiger partial charge in [-0.25, -0.2) is 24.1 Å². The molecule has 0 aliphatic carbocycles. The maximum atomic E-state index is 13.9. The highest BCUT2D eigenvalue weighted by Crippen LogP contribution is 2.55. The SMILES string of the molecule is O=P(CC(F)(F)F)(CC(F)(F)F)ON1C=C(F)C(n2cncn2)=NC1. The van der Waals surface area contributed by atoms with Crippen molar-refractivity contribution in [2.45, 2.75) is 12.4 Å². The first kappa shape index (κ1) is 19.4. The molecule has 1 aliphatic heterocycles. The fourth-order valence-corrected chi connectivity index (χ4v) is 3.64. The first-order chi connectivity index (χ1) is 11.4. The number of alkyl halides is 6. The number of hydrogen-bond donors (Lipinski definition) is 0. The molecule has 25 heavy (non-hydrogen) atoms. The maximum Gasteiger partial charge on any atom is 0.398 e. The van der Waals surface area contributed by atoms with Crippen LogP contribution >= 0.6 is 7.37 Å². The summed E-state index contributed by atoms with van der Waals surface area (Å²) in [4.78, 5) is 7.09. The summed E-state index contributed by atoms with van der Waals surface area (Å²) in [7, 11) is -5.28. The van der Waals surface area contributed by atoms with Crippen LogP contribution in [0.1, 0.15) is 0 Å². The summed E-state index contributed by atoms with van der Waals surface area (Å²) in [5.41, 5.74) is 0. The van der Waals surface area contributed by atoms with Gasteiger partial charge in [-0.3, -0.25) is 4.57 Å². The third-order valence-electron chi connectivity index (χ3n) is 2.56. The van der Waals surface area contributed by atoms with E-state index >= 15 is 0 Å². The number of aliphatic imine (C=N–C) groups is 1. The minimum absolute atomic E-state index is 0.216. The molecule has 0 saturated carbocycles. The van der Waals surface area contributed by atoms with Crippen LogP contribution in [0.5, 0.6) is 0 Å². The Hall–Kier alpha value is -1.95. The van der Waals surface area contributed by atoms with Crippen molar-refractivity contribution in [3.8, 4) is 0 Å². The highest BCUT2D eigenvalue weighted by molar-refractivity contribution is 7.59. The number of nitrogens with zero attached hydrogens (tertiary/aromatic N) is 5. The monoisotopic (exact) mass is 395 g/mol. The average molecular weight is 395 g/mol. The summed E-state index contributed by atoms with van der Waals surface area (Å²) >= 11 is 0. The van der Waals surface area contributed by atoms with Crippen molar-refractivity contribution in [3.63, 3.8) is 0 Å². The van der Waals surface area contributed by atoms with E-state index in [1.54, 1.807) is 0 Å². The first-order valence-electron chi connectivity index (χ1n) is 6.32. The lowest BCUT2D eigenvalue weighted by molar-refractivity contribution is -0.121. The van der Waals surface area contributed by atoms with E-state index in [4.69, 9.17) is 0 Å². The molecule has 0 N–H and O–H groups in total. The Kier molecular flexibility index (Phi) is 5.23. The molecule has 2 rings (SSSR count). The number of hydroxylamine groups is 2. The van der Waals surface area contributed by atoms with Gasteiger partial charge in [-0.05, 0) is 0 Å². The zero-order valence-electron chi connectivity index (χ0n) is 12.0. The summed E-state index contributed by atoms with van der Waals surface area (Å²) in [5, 5.41) is 3.79. The molecule has 15 heteroatoms. The summed E-state index contributed by atoms with van der Waals surface area (Å²) in [6, 6.07) is 0. The Bertz CT molecular complexity index is 692. The van der Waals surface area contributed by atoms with Crippen LogP contribution in [0.3, 0.4) is 0 Å². The molecule has 0 radical (unpaired) electrons. The lowest BCUT2D eigenvalue weighted by Gasteiger charge is -2.28. The van der Waals surface area contributed by atoms with Gasteiger partial charge in [-0.2, -0.15) is 36.1 Å². The minimum Gasteiger partial charge on any atom is -0.290 e. The topological polar surface area (TPSA) is 72.6 Å². The van der Waals surface area contributed by atoms with E-state index in [1.807, 2.05) is 0 Å². The smallest absolute Gasteiger partial charge is 0.290 e. The highest BCUT2D eigenvalue weighted by Gasteiger charge is 2.48. The van der Waals surface area contributed by atoms with Crippen LogP contribution in [0.15, 0.2) is 29.7 Å². The van der Waals surface area contributed by atoms with Crippen LogP contribution in [0, 0.1) is 0 Å². The van der Waals surface area contributed by atoms with Gasteiger partial charge >= 0.3 is 12.4 Å². The van der Waals surface area contributed by atoms with Gasteiger partial charge in [0.15, 0.2) is 11.7 Å². The molecule has 0 aromatic carbocycles. The number of aromatic nitrogens is 3. The molecule has 0 saturated heterocycles. The van der Waals surface area contributed by atoms with E-state index in [2.05, 4.69) is 19.7 Å². The van der Waals surface area contributed by atoms with Crippen molar-refractivity contribution in [3.05, 3.63) is 24.7 Å². The highest BCUT2D eigenvalue weighted by atomic mass is 31.2. The molecule has 140 valence electrons. The van der Waals surface area contributed by atoms with Crippen molar-refractivity contribution in [2.75, 3.05) is 19.0 Å². The molecule has 1 aromatic rings. The van der Waals surface area contributed by atoms with Gasteiger partial charge in [0.25, 0.3) is 0 Å². The number of halogens is 7. The van der Waals surface area contributed by atoms with E-state index in [9.17, 15) is 35.3 Å². The lowest BCUT2D eigenvalue weighted by Crippen LogP contribution is -2.30. The van der Waals surface area contributed by atoms with Crippen LogP contribution in [-0.2, 0) is 9.19 Å². The van der Waals surface area contributed by atoms with Crippen molar-refractivity contribution in [1.29, 1.82) is 0 Å². The van der Waals surface area contributed by atoms with Gasteiger partial charge in [0.05, 0.1) is 6.20 Å². The molecule has 7 nitrogen and oxygen atoms in total. The Labute approximate surface area is 135 Å². The standard InChI is InChI=1S/C10H9F7N5O2P/c11-7-1-21(6-19-8(7)22-5-18-4-20-22)24-25(23,2-9(12,13)14)3-10(15,16)17/h1,4-5H,2-3,6H2.